The highest BCUT2D eigenvalue weighted by atomic mass is 35.5. The Morgan fingerprint density at radius 3 is 1.04 bits per heavy atom. The summed E-state index contributed by atoms with van der Waals surface area (Å²) in [5.41, 5.74) is 5.48. The van der Waals surface area contributed by atoms with Gasteiger partial charge in [0.15, 0.2) is 0 Å². The maximum Gasteiger partial charge on any atom is -0.00748 e. The zero-order chi connectivity index (χ0) is 18.3. The zero-order valence-electron chi connectivity index (χ0n) is 17.7. The third-order valence-electron chi connectivity index (χ3n) is 4.42. The molecule has 0 aromatic heterocycles. The lowest BCUT2D eigenvalue weighted by atomic mass is 10.0. The van der Waals surface area contributed by atoms with E-state index in [9.17, 15) is 0 Å². The van der Waals surface area contributed by atoms with Crippen molar-refractivity contribution in [3.05, 3.63) is 0 Å². The number of thiol groups is 1. The van der Waals surface area contributed by atoms with Crippen LogP contribution in [0.4, 0.5) is 0 Å². The third-order valence-corrected chi connectivity index (χ3v) is 5.15. The summed E-state index contributed by atoms with van der Waals surface area (Å²) in [7, 11) is 0. The molecule has 0 aromatic rings. The van der Waals surface area contributed by atoms with E-state index in [1.807, 2.05) is 0 Å². The van der Waals surface area contributed by atoms with Crippen LogP contribution in [0.25, 0.3) is 0 Å². The maximum atomic E-state index is 5.48. The quantitative estimate of drug-likeness (QED) is 0.188. The number of hydrogen-bond donors (Lipinski definition) is 2. The monoisotopic (exact) mass is 395 g/mol. The number of unbranched alkanes of at least 4 members (excludes halogenated alkanes) is 15. The number of halogens is 1. The van der Waals surface area contributed by atoms with Crippen molar-refractivity contribution in [2.45, 2.75) is 124 Å². The Hall–Kier alpha value is 0.600. The third kappa shape index (κ3) is 36.3. The first-order valence-electron chi connectivity index (χ1n) is 11.0. The van der Waals surface area contributed by atoms with E-state index in [1.54, 1.807) is 0 Å². The van der Waals surface area contributed by atoms with Crippen LogP contribution >= 0.6 is 25.0 Å². The summed E-state index contributed by atoms with van der Waals surface area (Å²) in [5, 5.41) is 0. The molecule has 0 radical (unpaired) electrons. The predicted octanol–water partition coefficient (Wildman–Crippen LogP) is 8.20. The van der Waals surface area contributed by atoms with Crippen LogP contribution in [0.2, 0.25) is 0 Å². The minimum atomic E-state index is 0. The summed E-state index contributed by atoms with van der Waals surface area (Å²) >= 11 is 4.02. The van der Waals surface area contributed by atoms with Crippen molar-refractivity contribution in [1.82, 2.24) is 0 Å². The lowest BCUT2D eigenvalue weighted by Gasteiger charge is -2.03. The van der Waals surface area contributed by atoms with E-state index in [2.05, 4.69) is 33.4 Å². The van der Waals surface area contributed by atoms with Crippen LogP contribution in [-0.2, 0) is 0 Å². The topological polar surface area (TPSA) is 26.0 Å². The van der Waals surface area contributed by atoms with Crippen LogP contribution in [-0.4, -0.2) is 12.3 Å². The Labute approximate surface area is 172 Å². The van der Waals surface area contributed by atoms with Crippen LogP contribution in [0.3, 0.4) is 0 Å². The summed E-state index contributed by atoms with van der Waals surface area (Å²) in [6.07, 6.45) is 22.9. The van der Waals surface area contributed by atoms with Gasteiger partial charge in [0.25, 0.3) is 0 Å². The fourth-order valence-corrected chi connectivity index (χ4v) is 2.69. The first-order valence-corrected chi connectivity index (χ1v) is 11.6. The van der Waals surface area contributed by atoms with Gasteiger partial charge in [0.05, 0.1) is 0 Å². The van der Waals surface area contributed by atoms with Crippen molar-refractivity contribution in [3.8, 4) is 0 Å². The Bertz CT molecular complexity index is 184. The minimum Gasteiger partial charge on any atom is -0.330 e. The molecule has 0 heterocycles. The van der Waals surface area contributed by atoms with Crippen LogP contribution in [0.15, 0.2) is 0 Å². The van der Waals surface area contributed by atoms with E-state index >= 15 is 0 Å². The molecule has 0 unspecified atom stereocenters. The average molecular weight is 396 g/mol. The molecule has 0 aliphatic carbocycles. The van der Waals surface area contributed by atoms with Gasteiger partial charge in [-0.05, 0) is 24.6 Å². The Kier molecular flexibility index (Phi) is 35.6. The average Bonchev–Trinajstić information content (AvgIpc) is 2.59. The molecule has 25 heavy (non-hydrogen) atoms. The van der Waals surface area contributed by atoms with E-state index in [4.69, 9.17) is 5.73 Å². The summed E-state index contributed by atoms with van der Waals surface area (Å²) < 4.78 is 0. The highest BCUT2D eigenvalue weighted by molar-refractivity contribution is 7.80. The molecule has 0 fully saturated rings. The van der Waals surface area contributed by atoms with Crippen LogP contribution < -0.4 is 5.73 Å². The Balaban J connectivity index is -0.000000704. The summed E-state index contributed by atoms with van der Waals surface area (Å²) in [5.74, 6) is 1.75. The highest BCUT2D eigenvalue weighted by Gasteiger charge is 1.94. The Morgan fingerprint density at radius 2 is 0.840 bits per heavy atom. The fraction of sp³-hybridized carbons (Fsp3) is 1.00. The van der Waals surface area contributed by atoms with Gasteiger partial charge in [-0.3, -0.25) is 0 Å². The molecule has 0 saturated heterocycles. The van der Waals surface area contributed by atoms with Crippen LogP contribution in [0, 0.1) is 5.92 Å². The molecule has 0 saturated carbocycles. The van der Waals surface area contributed by atoms with Gasteiger partial charge >= 0.3 is 0 Å². The summed E-state index contributed by atoms with van der Waals surface area (Å²) in [6.45, 7) is 7.46. The predicted molar refractivity (Wildman–Crippen MR) is 125 cm³/mol. The maximum absolute atomic E-state index is 5.48. The lowest BCUT2D eigenvalue weighted by molar-refractivity contribution is 0.530. The first kappa shape index (κ1) is 30.3. The minimum absolute atomic E-state index is 0. The van der Waals surface area contributed by atoms with E-state index in [-0.39, 0.29) is 12.4 Å². The van der Waals surface area contributed by atoms with E-state index in [0.717, 1.165) is 18.2 Å². The van der Waals surface area contributed by atoms with Crippen molar-refractivity contribution >= 4 is 25.0 Å². The van der Waals surface area contributed by atoms with Gasteiger partial charge in [-0.25, -0.2) is 0 Å². The lowest BCUT2D eigenvalue weighted by Crippen LogP contribution is -1.97. The van der Waals surface area contributed by atoms with E-state index < -0.39 is 0 Å². The molecule has 2 N–H and O–H groups in total. The van der Waals surface area contributed by atoms with E-state index in [0.29, 0.717) is 0 Å². The highest BCUT2D eigenvalue weighted by Crippen LogP contribution is 2.13. The largest absolute Gasteiger partial charge is 0.330 e. The zero-order valence-corrected chi connectivity index (χ0v) is 19.4. The van der Waals surface area contributed by atoms with Crippen molar-refractivity contribution < 1.29 is 0 Å². The number of hydrogen-bond acceptors (Lipinski definition) is 2. The second kappa shape index (κ2) is 29.4. The van der Waals surface area contributed by atoms with Gasteiger partial charge in [0.2, 0.25) is 0 Å². The molecule has 1 nitrogen and oxygen atoms in total. The SMILES string of the molecule is CC(C)CS.CCCCCCCCCCCCCCCCCCN.Cl. The van der Waals surface area contributed by atoms with Crippen molar-refractivity contribution in [3.63, 3.8) is 0 Å². The second-order valence-corrected chi connectivity index (χ2v) is 8.03. The molecular weight excluding hydrogens is 346 g/mol. The van der Waals surface area contributed by atoms with Gasteiger partial charge in [-0.1, -0.05) is 117 Å². The first-order chi connectivity index (χ1) is 11.7. The molecule has 0 bridgehead atoms. The van der Waals surface area contributed by atoms with Gasteiger partial charge in [0.1, 0.15) is 0 Å². The molecule has 156 valence electrons. The van der Waals surface area contributed by atoms with Crippen molar-refractivity contribution in [1.29, 1.82) is 0 Å². The van der Waals surface area contributed by atoms with Crippen molar-refractivity contribution in [2.24, 2.45) is 11.7 Å². The summed E-state index contributed by atoms with van der Waals surface area (Å²) in [4.78, 5) is 0. The van der Waals surface area contributed by atoms with Gasteiger partial charge in [-0.2, -0.15) is 12.6 Å². The molecule has 0 aromatic carbocycles. The fourth-order valence-electron chi connectivity index (χ4n) is 2.69. The van der Waals surface area contributed by atoms with Gasteiger partial charge in [-0.15, -0.1) is 12.4 Å². The molecule has 0 spiro atoms. The van der Waals surface area contributed by atoms with Crippen LogP contribution in [0.1, 0.15) is 124 Å². The number of rotatable bonds is 17. The molecule has 0 aliphatic heterocycles. The van der Waals surface area contributed by atoms with Gasteiger partial charge in [0, 0.05) is 0 Å². The van der Waals surface area contributed by atoms with Crippen LogP contribution in [0.5, 0.6) is 0 Å². The normalized spacial score (nSPS) is 10.3. The molecule has 0 aliphatic rings. The molecule has 0 rings (SSSR count). The second-order valence-electron chi connectivity index (χ2n) is 7.67. The molecule has 0 atom stereocenters. The van der Waals surface area contributed by atoms with E-state index in [1.165, 1.54) is 103 Å². The smallest absolute Gasteiger partial charge is 0.00748 e. The molecule has 3 heteroatoms. The molecular formula is C22H50ClNS. The number of nitrogens with two attached hydrogens (primary N) is 1. The van der Waals surface area contributed by atoms with Crippen molar-refractivity contribution in [2.75, 3.05) is 12.3 Å². The standard InChI is InChI=1S/C18H39N.C4H10S.ClH/c1-2-3-4-5-6-7-8-9-10-11-12-13-14-15-16-17-18-19;1-4(2)3-5;/h2-19H2,1H3;4-5H,3H2,1-2H3;1H. The van der Waals surface area contributed by atoms with Gasteiger partial charge < -0.3 is 5.73 Å². The Morgan fingerprint density at radius 1 is 0.600 bits per heavy atom. The summed E-state index contributed by atoms with van der Waals surface area (Å²) in [6, 6.07) is 0. The molecule has 0 amide bonds.